The molecule has 0 fully saturated rings. The van der Waals surface area contributed by atoms with Crippen molar-refractivity contribution in [1.82, 2.24) is 0 Å². The summed E-state index contributed by atoms with van der Waals surface area (Å²) in [5.41, 5.74) is 0. The van der Waals surface area contributed by atoms with Gasteiger partial charge in [0, 0.05) is 6.42 Å². The Labute approximate surface area is 141 Å². The third-order valence-electron chi connectivity index (χ3n) is 3.30. The van der Waals surface area contributed by atoms with E-state index >= 15 is 0 Å². The number of carbonyl (C=O) groups is 1. The number of allylic oxidation sites excluding steroid dienone is 6. The van der Waals surface area contributed by atoms with Gasteiger partial charge in [-0.3, -0.25) is 4.79 Å². The largest absolute Gasteiger partial charge is 0.481 e. The maximum absolute atomic E-state index is 10.3. The molecule has 1 atom stereocenters. The molecule has 0 unspecified atom stereocenters. The van der Waals surface area contributed by atoms with Crippen LogP contribution in [0.4, 0.5) is 0 Å². The average Bonchev–Trinajstić information content (AvgIpc) is 2.52. The molecule has 0 amide bonds. The summed E-state index contributed by atoms with van der Waals surface area (Å²) < 4.78 is 0. The first-order valence-electron chi connectivity index (χ1n) is 8.70. The highest BCUT2D eigenvalue weighted by Crippen LogP contribution is 2.02. The molecule has 0 aliphatic heterocycles. The van der Waals surface area contributed by atoms with E-state index in [-0.39, 0.29) is 6.42 Å². The van der Waals surface area contributed by atoms with Gasteiger partial charge in [-0.05, 0) is 38.5 Å². The van der Waals surface area contributed by atoms with Crippen molar-refractivity contribution >= 4 is 5.97 Å². The number of hydrogen-bond acceptors (Lipinski definition) is 2. The first-order chi connectivity index (χ1) is 11.2. The zero-order valence-corrected chi connectivity index (χ0v) is 14.4. The lowest BCUT2D eigenvalue weighted by molar-refractivity contribution is -0.137. The molecule has 3 nitrogen and oxygen atoms in total. The Bertz CT molecular complexity index is 392. The minimum absolute atomic E-state index is 0.230. The highest BCUT2D eigenvalue weighted by atomic mass is 16.4. The summed E-state index contributed by atoms with van der Waals surface area (Å²) in [5, 5.41) is 18.3. The van der Waals surface area contributed by atoms with Crippen LogP contribution in [0.15, 0.2) is 48.6 Å². The summed E-state index contributed by atoms with van der Waals surface area (Å²) in [6.45, 7) is 2.20. The third-order valence-corrected chi connectivity index (χ3v) is 3.30. The van der Waals surface area contributed by atoms with Crippen LogP contribution in [0.1, 0.15) is 64.7 Å². The second-order valence-electron chi connectivity index (χ2n) is 5.58. The van der Waals surface area contributed by atoms with Gasteiger partial charge in [-0.1, -0.05) is 68.4 Å². The summed E-state index contributed by atoms with van der Waals surface area (Å²) in [6.07, 6.45) is 23.5. The second-order valence-corrected chi connectivity index (χ2v) is 5.58. The molecule has 0 saturated carbocycles. The van der Waals surface area contributed by atoms with Crippen molar-refractivity contribution in [3.8, 4) is 0 Å². The molecule has 0 aliphatic rings. The van der Waals surface area contributed by atoms with Crippen molar-refractivity contribution in [3.05, 3.63) is 48.6 Å². The fourth-order valence-corrected chi connectivity index (χ4v) is 1.96. The van der Waals surface area contributed by atoms with Gasteiger partial charge < -0.3 is 10.2 Å². The molecule has 0 aromatic carbocycles. The molecular formula is C20H32O3. The number of unbranched alkanes of at least 4 members (excludes halogenated alkanes) is 4. The molecule has 23 heavy (non-hydrogen) atoms. The molecule has 0 heterocycles. The Morgan fingerprint density at radius 1 is 0.957 bits per heavy atom. The second kappa shape index (κ2) is 16.8. The summed E-state index contributed by atoms with van der Waals surface area (Å²) in [7, 11) is 0. The molecule has 130 valence electrons. The quantitative estimate of drug-likeness (QED) is 0.263. The lowest BCUT2D eigenvalue weighted by Crippen LogP contribution is -1.98. The topological polar surface area (TPSA) is 57.5 Å². The van der Waals surface area contributed by atoms with E-state index in [0.717, 1.165) is 19.3 Å². The highest BCUT2D eigenvalue weighted by Gasteiger charge is 1.93. The van der Waals surface area contributed by atoms with Gasteiger partial charge in [-0.2, -0.15) is 0 Å². The van der Waals surface area contributed by atoms with Crippen LogP contribution in [-0.2, 0) is 4.79 Å². The van der Waals surface area contributed by atoms with Crippen molar-refractivity contribution in [2.24, 2.45) is 0 Å². The van der Waals surface area contributed by atoms with Crippen LogP contribution in [-0.4, -0.2) is 22.3 Å². The smallest absolute Gasteiger partial charge is 0.303 e. The minimum atomic E-state index is -0.738. The summed E-state index contributed by atoms with van der Waals surface area (Å²) >= 11 is 0. The summed E-state index contributed by atoms with van der Waals surface area (Å²) in [4.78, 5) is 10.3. The van der Waals surface area contributed by atoms with Crippen LogP contribution < -0.4 is 0 Å². The molecule has 2 N–H and O–H groups in total. The first-order valence-corrected chi connectivity index (χ1v) is 8.70. The fourth-order valence-electron chi connectivity index (χ4n) is 1.96. The number of carboxylic acids is 1. The maximum atomic E-state index is 10.3. The average molecular weight is 320 g/mol. The lowest BCUT2D eigenvalue weighted by Gasteiger charge is -1.99. The van der Waals surface area contributed by atoms with Crippen molar-refractivity contribution in [2.75, 3.05) is 0 Å². The highest BCUT2D eigenvalue weighted by molar-refractivity contribution is 5.66. The van der Waals surface area contributed by atoms with Crippen LogP contribution in [0.5, 0.6) is 0 Å². The molecule has 0 radical (unpaired) electrons. The monoisotopic (exact) mass is 320 g/mol. The summed E-state index contributed by atoms with van der Waals surface area (Å²) in [5.74, 6) is -0.738. The van der Waals surface area contributed by atoms with Crippen LogP contribution in [0.25, 0.3) is 0 Å². The van der Waals surface area contributed by atoms with Gasteiger partial charge in [0.25, 0.3) is 0 Å². The van der Waals surface area contributed by atoms with Crippen molar-refractivity contribution in [2.45, 2.75) is 70.8 Å². The van der Waals surface area contributed by atoms with E-state index < -0.39 is 12.1 Å². The van der Waals surface area contributed by atoms with Crippen molar-refractivity contribution in [3.63, 3.8) is 0 Å². The van der Waals surface area contributed by atoms with E-state index in [4.69, 9.17) is 5.11 Å². The molecule has 0 aromatic rings. The van der Waals surface area contributed by atoms with E-state index in [0.29, 0.717) is 12.8 Å². The molecule has 0 rings (SSSR count). The van der Waals surface area contributed by atoms with E-state index in [2.05, 4.69) is 13.0 Å². The predicted octanol–water partition coefficient (Wildman–Crippen LogP) is 5.19. The van der Waals surface area contributed by atoms with Gasteiger partial charge in [-0.15, -0.1) is 0 Å². The van der Waals surface area contributed by atoms with E-state index in [1.807, 2.05) is 36.5 Å². The lowest BCUT2D eigenvalue weighted by atomic mass is 10.1. The van der Waals surface area contributed by atoms with Crippen LogP contribution in [0, 0.1) is 0 Å². The normalized spacial score (nSPS) is 13.8. The first kappa shape index (κ1) is 21.4. The Hall–Kier alpha value is -1.61. The van der Waals surface area contributed by atoms with Gasteiger partial charge in [0.05, 0.1) is 6.10 Å². The van der Waals surface area contributed by atoms with Crippen LogP contribution >= 0.6 is 0 Å². The minimum Gasteiger partial charge on any atom is -0.481 e. The van der Waals surface area contributed by atoms with E-state index in [1.165, 1.54) is 19.3 Å². The van der Waals surface area contributed by atoms with Crippen molar-refractivity contribution in [1.29, 1.82) is 0 Å². The zero-order valence-electron chi connectivity index (χ0n) is 14.4. The molecule has 3 heteroatoms. The summed E-state index contributed by atoms with van der Waals surface area (Å²) in [6, 6.07) is 0. The van der Waals surface area contributed by atoms with Gasteiger partial charge in [0.1, 0.15) is 0 Å². The van der Waals surface area contributed by atoms with Gasteiger partial charge in [0.2, 0.25) is 0 Å². The number of aliphatic hydroxyl groups is 1. The molecule has 0 aromatic heterocycles. The van der Waals surface area contributed by atoms with E-state index in [1.54, 1.807) is 6.08 Å². The van der Waals surface area contributed by atoms with Gasteiger partial charge in [-0.25, -0.2) is 0 Å². The third kappa shape index (κ3) is 18.3. The number of aliphatic carboxylic acids is 1. The molecule has 0 saturated heterocycles. The molecule has 0 aliphatic carbocycles. The Morgan fingerprint density at radius 2 is 1.70 bits per heavy atom. The van der Waals surface area contributed by atoms with Crippen LogP contribution in [0.2, 0.25) is 0 Å². The molecule has 0 spiro atoms. The van der Waals surface area contributed by atoms with Gasteiger partial charge in [0.15, 0.2) is 0 Å². The van der Waals surface area contributed by atoms with E-state index in [9.17, 15) is 9.90 Å². The number of rotatable bonds is 14. The SMILES string of the molecule is CCCCC/C=C/C[C@H](O)/C=C/C=C\C/C=C\CCCC(=O)O. The van der Waals surface area contributed by atoms with Crippen molar-refractivity contribution < 1.29 is 15.0 Å². The molecule has 0 bridgehead atoms. The maximum Gasteiger partial charge on any atom is 0.303 e. The predicted molar refractivity (Wildman–Crippen MR) is 97.4 cm³/mol. The number of hydrogen-bond donors (Lipinski definition) is 2. The fraction of sp³-hybridized carbons (Fsp3) is 0.550. The number of carboxylic acid groups (broad SMARTS) is 1. The van der Waals surface area contributed by atoms with Crippen LogP contribution in [0.3, 0.4) is 0 Å². The zero-order chi connectivity index (χ0) is 17.2. The Balaban J connectivity index is 3.62. The Kier molecular flexibility index (Phi) is 15.6. The molecular weight excluding hydrogens is 288 g/mol. The van der Waals surface area contributed by atoms with Gasteiger partial charge >= 0.3 is 5.97 Å². The standard InChI is InChI=1S/C20H32O3/c1-2-3-4-5-10-13-16-19(21)17-14-11-8-6-7-9-12-15-18-20(22)23/h7-11,13-14,17,19,21H,2-6,12,15-16,18H2,1H3,(H,22,23)/b9-7-,11-8-,13-10+,17-14+/t19-/m0/s1. The number of aliphatic hydroxyl groups excluding tert-OH is 1. The Morgan fingerprint density at radius 3 is 2.43 bits per heavy atom.